The van der Waals surface area contributed by atoms with Gasteiger partial charge in [0.25, 0.3) is 0 Å². The van der Waals surface area contributed by atoms with E-state index in [1.807, 2.05) is 0 Å². The maximum atomic E-state index is 12.2. The van der Waals surface area contributed by atoms with Gasteiger partial charge in [-0.05, 0) is 33.6 Å². The molecule has 1 aliphatic heterocycles. The third-order valence-electron chi connectivity index (χ3n) is 3.48. The third kappa shape index (κ3) is 4.33. The van der Waals surface area contributed by atoms with Crippen molar-refractivity contribution in [1.82, 2.24) is 14.9 Å². The van der Waals surface area contributed by atoms with E-state index in [0.717, 1.165) is 0 Å². The van der Waals surface area contributed by atoms with E-state index in [-0.39, 0.29) is 11.8 Å². The van der Waals surface area contributed by atoms with E-state index in [4.69, 9.17) is 4.74 Å². The Labute approximate surface area is 130 Å². The highest BCUT2D eigenvalue weighted by Gasteiger charge is 2.42. The van der Waals surface area contributed by atoms with E-state index < -0.39 is 33.9 Å². The molecule has 2 aliphatic rings. The number of rotatable bonds is 5. The number of carbonyl (C=O) groups excluding carboxylic acids is 2. The molecule has 0 aromatic heterocycles. The zero-order chi connectivity index (χ0) is 16.5. The topological polar surface area (TPSA) is 105 Å². The van der Waals surface area contributed by atoms with Gasteiger partial charge in [0, 0.05) is 19.0 Å². The lowest BCUT2D eigenvalue weighted by Gasteiger charge is -2.28. The largest absolute Gasteiger partial charge is 0.444 e. The summed E-state index contributed by atoms with van der Waals surface area (Å²) in [5.41, 5.74) is -0.658. The number of hydrogen-bond donors (Lipinski definition) is 2. The molecule has 2 atom stereocenters. The van der Waals surface area contributed by atoms with E-state index in [9.17, 15) is 18.0 Å². The Hall–Kier alpha value is -1.35. The first-order chi connectivity index (χ1) is 10.1. The summed E-state index contributed by atoms with van der Waals surface area (Å²) < 4.78 is 31.9. The van der Waals surface area contributed by atoms with E-state index in [2.05, 4.69) is 10.0 Å². The normalized spacial score (nSPS) is 25.9. The summed E-state index contributed by atoms with van der Waals surface area (Å²) >= 11 is 0. The molecule has 2 amide bonds. The van der Waals surface area contributed by atoms with Crippen LogP contribution in [0.1, 0.15) is 40.0 Å². The molecular formula is C13H23N3O5S. The van der Waals surface area contributed by atoms with E-state index >= 15 is 0 Å². The monoisotopic (exact) mass is 333 g/mol. The third-order valence-corrected chi connectivity index (χ3v) is 5.49. The molecule has 2 rings (SSSR count). The van der Waals surface area contributed by atoms with Gasteiger partial charge in [-0.2, -0.15) is 0 Å². The second-order valence-corrected chi connectivity index (χ2v) is 8.72. The lowest BCUT2D eigenvalue weighted by Crippen LogP contribution is -2.46. The highest BCUT2D eigenvalue weighted by Crippen LogP contribution is 2.29. The van der Waals surface area contributed by atoms with Crippen LogP contribution in [0.5, 0.6) is 0 Å². The Bertz CT molecular complexity index is 538. The van der Waals surface area contributed by atoms with Crippen molar-refractivity contribution in [1.29, 1.82) is 0 Å². The van der Waals surface area contributed by atoms with Crippen LogP contribution in [0.3, 0.4) is 0 Å². The number of carbonyl (C=O) groups is 2. The summed E-state index contributed by atoms with van der Waals surface area (Å²) in [6.07, 6.45) is 1.03. The maximum absolute atomic E-state index is 12.2. The van der Waals surface area contributed by atoms with Crippen LogP contribution in [-0.2, 0) is 19.6 Å². The van der Waals surface area contributed by atoms with Gasteiger partial charge in [-0.3, -0.25) is 9.69 Å². The van der Waals surface area contributed by atoms with Crippen molar-refractivity contribution in [3.05, 3.63) is 0 Å². The minimum Gasteiger partial charge on any atom is -0.444 e. The lowest BCUT2D eigenvalue weighted by atomic mass is 10.2. The predicted octanol–water partition coefficient (Wildman–Crippen LogP) is 0.150. The first kappa shape index (κ1) is 17.0. The van der Waals surface area contributed by atoms with Crippen LogP contribution < -0.4 is 10.0 Å². The number of nitrogens with zero attached hydrogens (tertiary/aromatic N) is 1. The molecule has 1 saturated heterocycles. The molecule has 2 fully saturated rings. The van der Waals surface area contributed by atoms with Crippen LogP contribution >= 0.6 is 0 Å². The van der Waals surface area contributed by atoms with E-state index in [1.54, 1.807) is 20.8 Å². The van der Waals surface area contributed by atoms with Gasteiger partial charge in [0.05, 0.1) is 5.25 Å². The summed E-state index contributed by atoms with van der Waals surface area (Å²) in [5.74, 6) is 0. The molecule has 0 spiro atoms. The Kier molecular flexibility index (Phi) is 4.67. The average Bonchev–Trinajstić information content (AvgIpc) is 3.12. The minimum absolute atomic E-state index is 0.173. The van der Waals surface area contributed by atoms with Crippen LogP contribution in [0.4, 0.5) is 4.79 Å². The van der Waals surface area contributed by atoms with Crippen molar-refractivity contribution in [2.75, 3.05) is 6.54 Å². The molecule has 8 nitrogen and oxygen atoms in total. The molecular weight excluding hydrogens is 310 g/mol. The molecule has 0 radical (unpaired) electrons. The van der Waals surface area contributed by atoms with Crippen molar-refractivity contribution in [2.24, 2.45) is 0 Å². The minimum atomic E-state index is -3.34. The van der Waals surface area contributed by atoms with Gasteiger partial charge >= 0.3 is 6.09 Å². The molecule has 9 heteroatoms. The number of likely N-dealkylation sites (tertiary alicyclic amines) is 1. The highest BCUT2D eigenvalue weighted by atomic mass is 32.2. The molecule has 0 bridgehead atoms. The fourth-order valence-corrected chi connectivity index (χ4v) is 3.97. The zero-order valence-electron chi connectivity index (χ0n) is 13.0. The number of nitrogens with one attached hydrogen (secondary N) is 2. The molecule has 126 valence electrons. The van der Waals surface area contributed by atoms with Crippen LogP contribution in [0.15, 0.2) is 0 Å². The van der Waals surface area contributed by atoms with Gasteiger partial charge in [0.1, 0.15) is 11.8 Å². The van der Waals surface area contributed by atoms with Crippen LogP contribution in [0.25, 0.3) is 0 Å². The maximum Gasteiger partial charge on any atom is 0.411 e. The second kappa shape index (κ2) is 6.04. The SMILES string of the molecule is CC(C)(C)OC(=O)N1C[C@H](NS(=O)(=O)C2CC2)C[C@H]1NC=O. The zero-order valence-corrected chi connectivity index (χ0v) is 13.9. The van der Waals surface area contributed by atoms with Gasteiger partial charge in [0.15, 0.2) is 0 Å². The Morgan fingerprint density at radius 3 is 2.45 bits per heavy atom. The van der Waals surface area contributed by atoms with Gasteiger partial charge < -0.3 is 10.1 Å². The number of hydrogen-bond acceptors (Lipinski definition) is 5. The van der Waals surface area contributed by atoms with Gasteiger partial charge in [-0.25, -0.2) is 17.9 Å². The summed E-state index contributed by atoms with van der Waals surface area (Å²) in [6, 6.07) is -0.421. The van der Waals surface area contributed by atoms with E-state index in [1.165, 1.54) is 4.90 Å². The Morgan fingerprint density at radius 2 is 1.95 bits per heavy atom. The highest BCUT2D eigenvalue weighted by molar-refractivity contribution is 7.90. The van der Waals surface area contributed by atoms with Crippen molar-refractivity contribution in [3.63, 3.8) is 0 Å². The molecule has 0 unspecified atom stereocenters. The van der Waals surface area contributed by atoms with Crippen molar-refractivity contribution in [3.8, 4) is 0 Å². The first-order valence-corrected chi connectivity index (χ1v) is 8.87. The summed E-state index contributed by atoms with van der Waals surface area (Å²) in [6.45, 7) is 5.41. The van der Waals surface area contributed by atoms with Crippen molar-refractivity contribution >= 4 is 22.5 Å². The van der Waals surface area contributed by atoms with Gasteiger partial charge in [-0.15, -0.1) is 0 Å². The molecule has 22 heavy (non-hydrogen) atoms. The summed E-state index contributed by atoms with van der Waals surface area (Å²) in [5, 5.41) is 2.21. The fraction of sp³-hybridized carbons (Fsp3) is 0.846. The number of ether oxygens (including phenoxy) is 1. The summed E-state index contributed by atoms with van der Waals surface area (Å²) in [7, 11) is -3.34. The molecule has 2 N–H and O–H groups in total. The molecule has 0 aromatic rings. The molecule has 1 heterocycles. The average molecular weight is 333 g/mol. The van der Waals surface area contributed by atoms with Crippen molar-refractivity contribution < 1.29 is 22.7 Å². The molecule has 1 aliphatic carbocycles. The van der Waals surface area contributed by atoms with Crippen LogP contribution in [0, 0.1) is 0 Å². The first-order valence-electron chi connectivity index (χ1n) is 7.33. The predicted molar refractivity (Wildman–Crippen MR) is 79.4 cm³/mol. The molecule has 0 aromatic carbocycles. The van der Waals surface area contributed by atoms with Gasteiger partial charge in [-0.1, -0.05) is 0 Å². The summed E-state index contributed by atoms with van der Waals surface area (Å²) in [4.78, 5) is 24.2. The number of sulfonamides is 1. The second-order valence-electron chi connectivity index (χ2n) is 6.73. The Balaban J connectivity index is 2.02. The standard InChI is InChI=1S/C13H23N3O5S/c1-13(2,3)21-12(18)16-7-9(6-11(16)14-8-17)15-22(19,20)10-4-5-10/h8-11,15H,4-7H2,1-3H3,(H,14,17)/t9-,11+/m1/s1. The van der Waals surface area contributed by atoms with Crippen LogP contribution in [0.2, 0.25) is 0 Å². The number of amides is 2. The molecule has 1 saturated carbocycles. The smallest absolute Gasteiger partial charge is 0.411 e. The fourth-order valence-electron chi connectivity index (χ4n) is 2.39. The van der Waals surface area contributed by atoms with E-state index in [0.29, 0.717) is 25.7 Å². The Morgan fingerprint density at radius 1 is 1.32 bits per heavy atom. The quantitative estimate of drug-likeness (QED) is 0.697. The van der Waals surface area contributed by atoms with Crippen molar-refractivity contribution in [2.45, 2.75) is 63.1 Å². The lowest BCUT2D eigenvalue weighted by molar-refractivity contribution is -0.110. The van der Waals surface area contributed by atoms with Gasteiger partial charge in [0.2, 0.25) is 16.4 Å². The van der Waals surface area contributed by atoms with Crippen LogP contribution in [-0.4, -0.2) is 55.4 Å².